The summed E-state index contributed by atoms with van der Waals surface area (Å²) >= 11 is 3.33. The molecule has 1 amide bonds. The van der Waals surface area contributed by atoms with Gasteiger partial charge in [0.2, 0.25) is 5.91 Å². The molecule has 19 heavy (non-hydrogen) atoms. The second-order valence-corrected chi connectivity index (χ2v) is 5.51. The Morgan fingerprint density at radius 3 is 2.84 bits per heavy atom. The summed E-state index contributed by atoms with van der Waals surface area (Å²) in [6, 6.07) is 4.39. The van der Waals surface area contributed by atoms with Gasteiger partial charge in [-0.3, -0.25) is 4.79 Å². The molecule has 0 saturated heterocycles. The molecule has 0 bridgehead atoms. The fourth-order valence-electron chi connectivity index (χ4n) is 2.31. The zero-order valence-corrected chi connectivity index (χ0v) is 12.8. The number of halogens is 3. The summed E-state index contributed by atoms with van der Waals surface area (Å²) in [5, 5.41) is 2.82. The summed E-state index contributed by atoms with van der Waals surface area (Å²) in [4.78, 5) is 11.9. The molecule has 0 spiro atoms. The van der Waals surface area contributed by atoms with Gasteiger partial charge in [-0.05, 0) is 36.6 Å². The lowest BCUT2D eigenvalue weighted by Gasteiger charge is -2.15. The van der Waals surface area contributed by atoms with Crippen molar-refractivity contribution in [1.82, 2.24) is 5.32 Å². The normalized spacial score (nSPS) is 21.8. The lowest BCUT2D eigenvalue weighted by molar-refractivity contribution is -0.125. The molecule has 1 aliphatic carbocycles. The number of nitrogens with two attached hydrogens (primary N) is 1. The Balaban J connectivity index is 0.00000180. The zero-order chi connectivity index (χ0) is 13.1. The first-order valence-electron chi connectivity index (χ1n) is 6.05. The van der Waals surface area contributed by atoms with Gasteiger partial charge in [-0.1, -0.05) is 22.4 Å². The molecular weight excluding hydrogens is 335 g/mol. The second-order valence-electron chi connectivity index (χ2n) is 4.65. The average Bonchev–Trinajstić information content (AvgIpc) is 2.76. The fraction of sp³-hybridized carbons (Fsp3) is 0.462. The van der Waals surface area contributed by atoms with Crippen molar-refractivity contribution in [3.63, 3.8) is 0 Å². The predicted molar refractivity (Wildman–Crippen MR) is 78.5 cm³/mol. The Labute approximate surface area is 126 Å². The van der Waals surface area contributed by atoms with Crippen LogP contribution in [0.2, 0.25) is 0 Å². The van der Waals surface area contributed by atoms with Crippen molar-refractivity contribution in [3.8, 4) is 0 Å². The Kier molecular flexibility index (Phi) is 6.23. The van der Waals surface area contributed by atoms with Gasteiger partial charge in [-0.2, -0.15) is 0 Å². The summed E-state index contributed by atoms with van der Waals surface area (Å²) in [5.74, 6) is -0.437. The quantitative estimate of drug-likeness (QED) is 0.880. The first kappa shape index (κ1) is 16.4. The smallest absolute Gasteiger partial charge is 0.224 e. The lowest BCUT2D eigenvalue weighted by atomic mass is 10.0. The van der Waals surface area contributed by atoms with Crippen LogP contribution in [0, 0.1) is 11.7 Å². The molecule has 3 nitrogen and oxygen atoms in total. The van der Waals surface area contributed by atoms with Gasteiger partial charge in [0.15, 0.2) is 0 Å². The number of hydrogen-bond acceptors (Lipinski definition) is 2. The van der Waals surface area contributed by atoms with E-state index >= 15 is 0 Å². The maximum absolute atomic E-state index is 13.1. The third-order valence-corrected chi connectivity index (χ3v) is 4.14. The molecule has 1 aromatic rings. The number of hydrogen-bond donors (Lipinski definition) is 2. The molecule has 0 heterocycles. The number of carbonyl (C=O) groups is 1. The molecule has 2 atom stereocenters. The molecule has 0 radical (unpaired) electrons. The maximum Gasteiger partial charge on any atom is 0.224 e. The predicted octanol–water partition coefficient (Wildman–Crippen LogP) is 2.75. The van der Waals surface area contributed by atoms with Crippen LogP contribution in [0.5, 0.6) is 0 Å². The monoisotopic (exact) mass is 350 g/mol. The van der Waals surface area contributed by atoms with Crippen molar-refractivity contribution >= 4 is 34.2 Å². The van der Waals surface area contributed by atoms with Crippen molar-refractivity contribution in [1.29, 1.82) is 0 Å². The zero-order valence-electron chi connectivity index (χ0n) is 10.4. The van der Waals surface area contributed by atoms with E-state index in [0.717, 1.165) is 29.3 Å². The molecule has 1 saturated carbocycles. The van der Waals surface area contributed by atoms with Gasteiger partial charge in [0.1, 0.15) is 5.82 Å². The van der Waals surface area contributed by atoms with Crippen LogP contribution in [0.25, 0.3) is 0 Å². The highest BCUT2D eigenvalue weighted by atomic mass is 79.9. The first-order chi connectivity index (χ1) is 8.58. The van der Waals surface area contributed by atoms with Crippen LogP contribution in [0.3, 0.4) is 0 Å². The maximum atomic E-state index is 13.1. The Morgan fingerprint density at radius 2 is 2.21 bits per heavy atom. The highest BCUT2D eigenvalue weighted by molar-refractivity contribution is 9.10. The second kappa shape index (κ2) is 7.22. The van der Waals surface area contributed by atoms with Crippen molar-refractivity contribution in [2.45, 2.75) is 31.8 Å². The van der Waals surface area contributed by atoms with Crippen LogP contribution >= 0.6 is 28.3 Å². The van der Waals surface area contributed by atoms with E-state index in [4.69, 9.17) is 5.73 Å². The van der Waals surface area contributed by atoms with E-state index in [9.17, 15) is 9.18 Å². The van der Waals surface area contributed by atoms with Gasteiger partial charge in [-0.25, -0.2) is 4.39 Å². The van der Waals surface area contributed by atoms with E-state index in [0.29, 0.717) is 6.54 Å². The molecule has 1 fully saturated rings. The minimum atomic E-state index is -0.306. The topological polar surface area (TPSA) is 55.1 Å². The SMILES string of the molecule is Cl.NC1CCCC1C(=O)NCc1cc(F)ccc1Br. The van der Waals surface area contributed by atoms with E-state index in [2.05, 4.69) is 21.2 Å². The summed E-state index contributed by atoms with van der Waals surface area (Å²) in [7, 11) is 0. The summed E-state index contributed by atoms with van der Waals surface area (Å²) in [5.41, 5.74) is 6.60. The van der Waals surface area contributed by atoms with Crippen LogP contribution in [0.1, 0.15) is 24.8 Å². The molecule has 0 aromatic heterocycles. The summed E-state index contributed by atoms with van der Waals surface area (Å²) in [6.07, 6.45) is 2.75. The van der Waals surface area contributed by atoms with Crippen molar-refractivity contribution < 1.29 is 9.18 Å². The van der Waals surface area contributed by atoms with Crippen LogP contribution in [0.15, 0.2) is 22.7 Å². The van der Waals surface area contributed by atoms with E-state index in [-0.39, 0.29) is 36.1 Å². The van der Waals surface area contributed by atoms with Gasteiger partial charge < -0.3 is 11.1 Å². The van der Waals surface area contributed by atoms with Crippen LogP contribution in [-0.2, 0) is 11.3 Å². The number of benzene rings is 1. The molecule has 2 unspecified atom stereocenters. The highest BCUT2D eigenvalue weighted by Crippen LogP contribution is 2.24. The lowest BCUT2D eigenvalue weighted by Crippen LogP contribution is -2.38. The van der Waals surface area contributed by atoms with E-state index in [1.54, 1.807) is 6.07 Å². The summed E-state index contributed by atoms with van der Waals surface area (Å²) < 4.78 is 13.9. The molecule has 0 aliphatic heterocycles. The van der Waals surface area contributed by atoms with E-state index in [1.807, 2.05) is 0 Å². The third-order valence-electron chi connectivity index (χ3n) is 3.37. The summed E-state index contributed by atoms with van der Waals surface area (Å²) in [6.45, 7) is 0.320. The van der Waals surface area contributed by atoms with Gasteiger partial charge in [0.05, 0.1) is 5.92 Å². The number of rotatable bonds is 3. The Hall–Kier alpha value is -0.650. The van der Waals surface area contributed by atoms with Crippen molar-refractivity contribution in [2.24, 2.45) is 11.7 Å². The van der Waals surface area contributed by atoms with Gasteiger partial charge >= 0.3 is 0 Å². The molecule has 1 aliphatic rings. The van der Waals surface area contributed by atoms with Crippen LogP contribution in [0.4, 0.5) is 4.39 Å². The van der Waals surface area contributed by atoms with Crippen molar-refractivity contribution in [3.05, 3.63) is 34.1 Å². The fourth-order valence-corrected chi connectivity index (χ4v) is 2.69. The van der Waals surface area contributed by atoms with Crippen LogP contribution < -0.4 is 11.1 Å². The molecule has 106 valence electrons. The van der Waals surface area contributed by atoms with Crippen molar-refractivity contribution in [2.75, 3.05) is 0 Å². The van der Waals surface area contributed by atoms with Gasteiger partial charge in [0, 0.05) is 17.1 Å². The third kappa shape index (κ3) is 4.16. The van der Waals surface area contributed by atoms with Gasteiger partial charge in [-0.15, -0.1) is 12.4 Å². The molecule has 3 N–H and O–H groups in total. The number of carbonyl (C=O) groups excluding carboxylic acids is 1. The standard InChI is InChI=1S/C13H16BrFN2O.ClH/c14-11-5-4-9(15)6-8(11)7-17-13(18)10-2-1-3-12(10)16;/h4-6,10,12H,1-3,7,16H2,(H,17,18);1H. The molecule has 6 heteroatoms. The average molecular weight is 352 g/mol. The number of amides is 1. The highest BCUT2D eigenvalue weighted by Gasteiger charge is 2.29. The van der Waals surface area contributed by atoms with Crippen LogP contribution in [-0.4, -0.2) is 11.9 Å². The minimum Gasteiger partial charge on any atom is -0.352 e. The Morgan fingerprint density at radius 1 is 1.47 bits per heavy atom. The molecule has 2 rings (SSSR count). The number of nitrogens with one attached hydrogen (secondary N) is 1. The minimum absolute atomic E-state index is 0. The largest absolute Gasteiger partial charge is 0.352 e. The first-order valence-corrected chi connectivity index (χ1v) is 6.84. The van der Waals surface area contributed by atoms with Gasteiger partial charge in [0.25, 0.3) is 0 Å². The van der Waals surface area contributed by atoms with E-state index in [1.165, 1.54) is 12.1 Å². The molecular formula is C13H17BrClFN2O. The molecule has 1 aromatic carbocycles. The van der Waals surface area contributed by atoms with E-state index < -0.39 is 0 Å². The Bertz CT molecular complexity index is 458.